The number of ether oxygens (including phenoxy) is 2. The second-order valence-corrected chi connectivity index (χ2v) is 10.6. The molecule has 3 aliphatic carbocycles. The van der Waals surface area contributed by atoms with Crippen LogP contribution in [0.15, 0.2) is 17.3 Å². The molecule has 0 saturated heterocycles. The quantitative estimate of drug-likeness (QED) is 0.270. The van der Waals surface area contributed by atoms with Crippen LogP contribution in [-0.2, 0) is 5.41 Å². The molecule has 3 aliphatic rings. The van der Waals surface area contributed by atoms with Crippen molar-refractivity contribution in [3.8, 4) is 11.5 Å². The van der Waals surface area contributed by atoms with E-state index in [0.29, 0.717) is 11.8 Å². The molecular formula is C26H41NO3. The van der Waals surface area contributed by atoms with Crippen LogP contribution in [0.4, 0.5) is 0 Å². The molecule has 0 radical (unpaired) electrons. The van der Waals surface area contributed by atoms with Gasteiger partial charge in [0.25, 0.3) is 0 Å². The van der Waals surface area contributed by atoms with Crippen molar-refractivity contribution >= 4 is 5.71 Å². The van der Waals surface area contributed by atoms with Gasteiger partial charge in [-0.3, -0.25) is 0 Å². The van der Waals surface area contributed by atoms with Gasteiger partial charge >= 0.3 is 0 Å². The topological polar surface area (TPSA) is 51.0 Å². The van der Waals surface area contributed by atoms with Gasteiger partial charge in [-0.1, -0.05) is 65.5 Å². The Morgan fingerprint density at radius 1 is 1.10 bits per heavy atom. The molecule has 0 aromatic heterocycles. The maximum Gasteiger partial charge on any atom is 0.126 e. The van der Waals surface area contributed by atoms with Gasteiger partial charge in [-0.2, -0.15) is 0 Å². The van der Waals surface area contributed by atoms with Crippen molar-refractivity contribution in [2.45, 2.75) is 90.9 Å². The van der Waals surface area contributed by atoms with Gasteiger partial charge in [-0.15, -0.1) is 0 Å². The largest absolute Gasteiger partial charge is 0.496 e. The third-order valence-electron chi connectivity index (χ3n) is 8.14. The Balaban J connectivity index is 1.96. The summed E-state index contributed by atoms with van der Waals surface area (Å²) in [6.45, 7) is 11.5. The smallest absolute Gasteiger partial charge is 0.126 e. The molecule has 3 saturated carbocycles. The summed E-state index contributed by atoms with van der Waals surface area (Å²) in [5, 5.41) is 13.3. The minimum atomic E-state index is 0.0674. The van der Waals surface area contributed by atoms with Gasteiger partial charge in [0.2, 0.25) is 0 Å². The standard InChI is InChI=1S/C26H41NO3/c1-8-9-10-11-12-25(2,3)17-13-22(29-6)24(23(14-17)30-7)18-15-21(27-28)20-16-19(18)26(20,4)5/h13-14,18-20,28H,8-12,15-16H2,1-7H3. The van der Waals surface area contributed by atoms with Crippen LogP contribution in [0, 0.1) is 17.3 Å². The van der Waals surface area contributed by atoms with Gasteiger partial charge in [0.15, 0.2) is 0 Å². The number of hydrogen-bond acceptors (Lipinski definition) is 4. The number of oxime groups is 1. The number of rotatable bonds is 9. The van der Waals surface area contributed by atoms with E-state index < -0.39 is 0 Å². The van der Waals surface area contributed by atoms with Crippen molar-refractivity contribution in [3.05, 3.63) is 23.3 Å². The van der Waals surface area contributed by atoms with E-state index in [1.165, 1.54) is 31.2 Å². The summed E-state index contributed by atoms with van der Waals surface area (Å²) in [7, 11) is 3.52. The summed E-state index contributed by atoms with van der Waals surface area (Å²) in [6, 6.07) is 4.45. The van der Waals surface area contributed by atoms with Gasteiger partial charge < -0.3 is 14.7 Å². The Morgan fingerprint density at radius 3 is 2.23 bits per heavy atom. The summed E-state index contributed by atoms with van der Waals surface area (Å²) in [6.07, 6.45) is 8.10. The molecule has 4 rings (SSSR count). The Hall–Kier alpha value is -1.71. The molecule has 2 bridgehead atoms. The summed E-state index contributed by atoms with van der Waals surface area (Å²) in [5.41, 5.74) is 3.55. The highest BCUT2D eigenvalue weighted by Crippen LogP contribution is 2.64. The molecule has 4 heteroatoms. The first-order valence-corrected chi connectivity index (χ1v) is 11.7. The van der Waals surface area contributed by atoms with E-state index in [0.717, 1.165) is 42.0 Å². The SMILES string of the molecule is CCCCCCC(C)(C)c1cc(OC)c(C2CC(=NO)C3CC2C3(C)C)c(OC)c1. The third kappa shape index (κ3) is 3.94. The molecule has 30 heavy (non-hydrogen) atoms. The number of benzene rings is 1. The second kappa shape index (κ2) is 8.80. The van der Waals surface area contributed by atoms with Crippen molar-refractivity contribution in [3.63, 3.8) is 0 Å². The minimum absolute atomic E-state index is 0.0674. The van der Waals surface area contributed by atoms with E-state index in [1.807, 2.05) is 0 Å². The molecule has 168 valence electrons. The summed E-state index contributed by atoms with van der Waals surface area (Å²) in [5.74, 6) is 3.01. The van der Waals surface area contributed by atoms with Crippen molar-refractivity contribution in [2.75, 3.05) is 14.2 Å². The molecule has 1 aromatic rings. The molecule has 0 aliphatic heterocycles. The first-order chi connectivity index (χ1) is 14.2. The van der Waals surface area contributed by atoms with Gasteiger partial charge in [-0.05, 0) is 59.6 Å². The summed E-state index contributed by atoms with van der Waals surface area (Å²) >= 11 is 0. The van der Waals surface area contributed by atoms with Crippen LogP contribution in [0.1, 0.15) is 96.6 Å². The van der Waals surface area contributed by atoms with Crippen LogP contribution in [0.5, 0.6) is 11.5 Å². The van der Waals surface area contributed by atoms with E-state index in [2.05, 4.69) is 51.9 Å². The number of nitrogens with zero attached hydrogens (tertiary/aromatic N) is 1. The molecule has 3 fully saturated rings. The number of hydrogen-bond donors (Lipinski definition) is 1. The van der Waals surface area contributed by atoms with Gasteiger partial charge in [0.05, 0.1) is 19.9 Å². The van der Waals surface area contributed by atoms with Crippen LogP contribution in [0.2, 0.25) is 0 Å². The second-order valence-electron chi connectivity index (χ2n) is 10.6. The van der Waals surface area contributed by atoms with E-state index in [9.17, 15) is 5.21 Å². The lowest BCUT2D eigenvalue weighted by atomic mass is 9.44. The molecule has 0 spiro atoms. The first kappa shape index (κ1) is 23.0. The Bertz CT molecular complexity index is 755. The molecule has 4 nitrogen and oxygen atoms in total. The van der Waals surface area contributed by atoms with Crippen molar-refractivity contribution < 1.29 is 14.7 Å². The highest BCUT2D eigenvalue weighted by atomic mass is 16.5. The lowest BCUT2D eigenvalue weighted by molar-refractivity contribution is -0.0182. The predicted molar refractivity (Wildman–Crippen MR) is 123 cm³/mol. The Morgan fingerprint density at radius 2 is 1.73 bits per heavy atom. The average molecular weight is 416 g/mol. The maximum atomic E-state index is 9.63. The monoisotopic (exact) mass is 415 g/mol. The maximum absolute atomic E-state index is 9.63. The zero-order valence-corrected chi connectivity index (χ0v) is 20.0. The molecule has 0 amide bonds. The Labute approximate surface area is 183 Å². The minimum Gasteiger partial charge on any atom is -0.496 e. The summed E-state index contributed by atoms with van der Waals surface area (Å²) in [4.78, 5) is 0. The van der Waals surface area contributed by atoms with Crippen molar-refractivity contribution in [1.29, 1.82) is 0 Å². The van der Waals surface area contributed by atoms with Gasteiger partial charge in [-0.25, -0.2) is 0 Å². The van der Waals surface area contributed by atoms with E-state index in [-0.39, 0.29) is 16.7 Å². The van der Waals surface area contributed by atoms with E-state index >= 15 is 0 Å². The summed E-state index contributed by atoms with van der Waals surface area (Å²) < 4.78 is 11.9. The molecular weight excluding hydrogens is 374 g/mol. The van der Waals surface area contributed by atoms with Crippen molar-refractivity contribution in [2.24, 2.45) is 22.4 Å². The van der Waals surface area contributed by atoms with Crippen LogP contribution < -0.4 is 9.47 Å². The Kier molecular flexibility index (Phi) is 6.74. The highest BCUT2D eigenvalue weighted by molar-refractivity contribution is 5.90. The molecule has 3 unspecified atom stereocenters. The molecule has 1 N–H and O–H groups in total. The fourth-order valence-electron chi connectivity index (χ4n) is 5.96. The molecule has 0 heterocycles. The normalized spacial score (nSPS) is 26.4. The van der Waals surface area contributed by atoms with Gasteiger partial charge in [0.1, 0.15) is 11.5 Å². The highest BCUT2D eigenvalue weighted by Gasteiger charge is 2.58. The number of unbranched alkanes of at least 4 members (excludes halogenated alkanes) is 3. The first-order valence-electron chi connectivity index (χ1n) is 11.7. The van der Waals surface area contributed by atoms with Gasteiger partial charge in [0, 0.05) is 11.5 Å². The fourth-order valence-corrected chi connectivity index (χ4v) is 5.96. The number of fused-ring (bicyclic) bond motifs is 2. The zero-order chi connectivity index (χ0) is 22.1. The van der Waals surface area contributed by atoms with Crippen LogP contribution in [-0.4, -0.2) is 25.1 Å². The molecule has 1 aromatic carbocycles. The van der Waals surface area contributed by atoms with Crippen LogP contribution in [0.25, 0.3) is 0 Å². The average Bonchev–Trinajstić information content (AvgIpc) is 2.74. The lowest BCUT2D eigenvalue weighted by Gasteiger charge is -2.60. The third-order valence-corrected chi connectivity index (χ3v) is 8.14. The van der Waals surface area contributed by atoms with Crippen molar-refractivity contribution in [1.82, 2.24) is 0 Å². The molecule has 3 atom stereocenters. The fraction of sp³-hybridized carbons (Fsp3) is 0.731. The van der Waals surface area contributed by atoms with E-state index in [1.54, 1.807) is 14.2 Å². The lowest BCUT2D eigenvalue weighted by Crippen LogP contribution is -2.56. The predicted octanol–water partition coefficient (Wildman–Crippen LogP) is 6.93. The zero-order valence-electron chi connectivity index (χ0n) is 20.0. The number of methoxy groups -OCH3 is 2. The van der Waals surface area contributed by atoms with Crippen LogP contribution in [0.3, 0.4) is 0 Å². The van der Waals surface area contributed by atoms with E-state index in [4.69, 9.17) is 9.47 Å². The van der Waals surface area contributed by atoms with Crippen LogP contribution >= 0.6 is 0 Å².